The second-order valence-electron chi connectivity index (χ2n) is 6.18. The Morgan fingerprint density at radius 3 is 2.92 bits per heavy atom. The van der Waals surface area contributed by atoms with Crippen LogP contribution in [0.4, 0.5) is 0 Å². The molecule has 0 atom stereocenters. The molecule has 0 spiro atoms. The van der Waals surface area contributed by atoms with E-state index in [1.165, 1.54) is 11.1 Å². The molecule has 1 aromatic carbocycles. The van der Waals surface area contributed by atoms with E-state index in [9.17, 15) is 0 Å². The van der Waals surface area contributed by atoms with Gasteiger partial charge in [-0.25, -0.2) is 9.97 Å². The number of halogens is 1. The number of hydrogen-bond acceptors (Lipinski definition) is 4. The molecular weight excluding hydrogens is 322 g/mol. The molecule has 4 nitrogen and oxygen atoms in total. The molecule has 5 heteroatoms. The number of aryl methyl sites for hydroxylation is 1. The van der Waals surface area contributed by atoms with Crippen LogP contribution in [0.1, 0.15) is 22.5 Å². The maximum absolute atomic E-state index is 6.05. The average Bonchev–Trinajstić information content (AvgIpc) is 3.01. The smallest absolute Gasteiger partial charge is 0.223 e. The van der Waals surface area contributed by atoms with Crippen molar-refractivity contribution < 1.29 is 4.42 Å². The standard InChI is InChI=1S/C19H18ClN3O/c1-13-10-21-19(20)22-18(13)17-9-15-12-23(8-7-16(15)24-17)11-14-5-3-2-4-6-14/h2-6,9-10H,7-8,11-12H2,1H3. The van der Waals surface area contributed by atoms with Crippen LogP contribution in [0.3, 0.4) is 0 Å². The fourth-order valence-electron chi connectivity index (χ4n) is 3.15. The molecule has 0 fully saturated rings. The van der Waals surface area contributed by atoms with Crippen molar-refractivity contribution in [3.05, 3.63) is 70.3 Å². The minimum atomic E-state index is 0.246. The number of furan rings is 1. The fraction of sp³-hybridized carbons (Fsp3) is 0.263. The third-order valence-corrected chi connectivity index (χ3v) is 4.55. The molecule has 1 aliphatic heterocycles. The highest BCUT2D eigenvalue weighted by Crippen LogP contribution is 2.30. The van der Waals surface area contributed by atoms with E-state index in [-0.39, 0.29) is 5.28 Å². The first-order valence-corrected chi connectivity index (χ1v) is 8.44. The van der Waals surface area contributed by atoms with Crippen LogP contribution in [-0.4, -0.2) is 21.4 Å². The zero-order chi connectivity index (χ0) is 16.5. The van der Waals surface area contributed by atoms with Crippen LogP contribution in [0, 0.1) is 6.92 Å². The van der Waals surface area contributed by atoms with E-state index in [0.717, 1.165) is 48.8 Å². The van der Waals surface area contributed by atoms with E-state index in [1.807, 2.05) is 6.92 Å². The summed E-state index contributed by atoms with van der Waals surface area (Å²) in [5.41, 5.74) is 4.31. The van der Waals surface area contributed by atoms with Gasteiger partial charge < -0.3 is 4.42 Å². The highest BCUT2D eigenvalue weighted by Gasteiger charge is 2.22. The Morgan fingerprint density at radius 1 is 1.25 bits per heavy atom. The van der Waals surface area contributed by atoms with Gasteiger partial charge in [0, 0.05) is 37.8 Å². The van der Waals surface area contributed by atoms with Crippen LogP contribution in [-0.2, 0) is 19.5 Å². The SMILES string of the molecule is Cc1cnc(Cl)nc1-c1cc2c(o1)CCN(Cc1ccccc1)C2. The van der Waals surface area contributed by atoms with Gasteiger partial charge in [-0.2, -0.15) is 0 Å². The van der Waals surface area contributed by atoms with Gasteiger partial charge >= 0.3 is 0 Å². The normalized spacial score (nSPS) is 14.6. The molecule has 0 amide bonds. The Balaban J connectivity index is 1.57. The van der Waals surface area contributed by atoms with Gasteiger partial charge in [0.1, 0.15) is 11.5 Å². The van der Waals surface area contributed by atoms with Crippen molar-refractivity contribution in [3.8, 4) is 11.5 Å². The number of fused-ring (bicyclic) bond motifs is 1. The monoisotopic (exact) mass is 339 g/mol. The van der Waals surface area contributed by atoms with Gasteiger partial charge in [0.25, 0.3) is 0 Å². The molecule has 122 valence electrons. The Hall–Kier alpha value is -2.17. The predicted octanol–water partition coefficient (Wildman–Crippen LogP) is 4.26. The molecule has 0 unspecified atom stereocenters. The Labute approximate surface area is 146 Å². The second-order valence-corrected chi connectivity index (χ2v) is 6.51. The summed E-state index contributed by atoms with van der Waals surface area (Å²) in [7, 11) is 0. The molecule has 24 heavy (non-hydrogen) atoms. The Kier molecular flexibility index (Phi) is 4.08. The minimum absolute atomic E-state index is 0.246. The molecule has 3 aromatic rings. The average molecular weight is 340 g/mol. The number of nitrogens with zero attached hydrogens (tertiary/aromatic N) is 3. The molecule has 0 radical (unpaired) electrons. The molecular formula is C19H18ClN3O. The quantitative estimate of drug-likeness (QED) is 0.669. The molecule has 1 aliphatic rings. The number of benzene rings is 1. The Morgan fingerprint density at radius 2 is 2.08 bits per heavy atom. The molecule has 3 heterocycles. The lowest BCUT2D eigenvalue weighted by Crippen LogP contribution is -2.29. The molecule has 0 aliphatic carbocycles. The topological polar surface area (TPSA) is 42.2 Å². The van der Waals surface area contributed by atoms with Crippen molar-refractivity contribution in [2.24, 2.45) is 0 Å². The first-order valence-electron chi connectivity index (χ1n) is 8.06. The van der Waals surface area contributed by atoms with Crippen molar-refractivity contribution in [1.82, 2.24) is 14.9 Å². The molecule has 0 N–H and O–H groups in total. The van der Waals surface area contributed by atoms with Crippen molar-refractivity contribution in [1.29, 1.82) is 0 Å². The maximum Gasteiger partial charge on any atom is 0.223 e. The highest BCUT2D eigenvalue weighted by molar-refractivity contribution is 6.28. The van der Waals surface area contributed by atoms with Gasteiger partial charge in [-0.1, -0.05) is 30.3 Å². The highest BCUT2D eigenvalue weighted by atomic mass is 35.5. The Bertz CT molecular complexity index is 860. The van der Waals surface area contributed by atoms with Crippen LogP contribution >= 0.6 is 11.6 Å². The van der Waals surface area contributed by atoms with Gasteiger partial charge in [-0.15, -0.1) is 0 Å². The van der Waals surface area contributed by atoms with Crippen LogP contribution < -0.4 is 0 Å². The van der Waals surface area contributed by atoms with Crippen LogP contribution in [0.2, 0.25) is 5.28 Å². The summed E-state index contributed by atoms with van der Waals surface area (Å²) in [6, 6.07) is 12.7. The van der Waals surface area contributed by atoms with Gasteiger partial charge in [0.2, 0.25) is 5.28 Å². The van der Waals surface area contributed by atoms with Crippen molar-refractivity contribution in [3.63, 3.8) is 0 Å². The predicted molar refractivity (Wildman–Crippen MR) is 93.7 cm³/mol. The van der Waals surface area contributed by atoms with Crippen LogP contribution in [0.5, 0.6) is 0 Å². The van der Waals surface area contributed by atoms with Gasteiger partial charge in [0.15, 0.2) is 5.76 Å². The minimum Gasteiger partial charge on any atom is -0.459 e. The molecule has 4 rings (SSSR count). The summed E-state index contributed by atoms with van der Waals surface area (Å²) >= 11 is 5.93. The molecule has 2 aromatic heterocycles. The van der Waals surface area contributed by atoms with Crippen molar-refractivity contribution >= 4 is 11.6 Å². The van der Waals surface area contributed by atoms with E-state index in [4.69, 9.17) is 16.0 Å². The van der Waals surface area contributed by atoms with Gasteiger partial charge in [-0.05, 0) is 35.7 Å². The first kappa shape index (κ1) is 15.4. The second kappa shape index (κ2) is 6.38. The van der Waals surface area contributed by atoms with Gasteiger partial charge in [0.05, 0.1) is 0 Å². The van der Waals surface area contributed by atoms with Crippen LogP contribution in [0.15, 0.2) is 47.0 Å². The summed E-state index contributed by atoms with van der Waals surface area (Å²) in [5.74, 6) is 1.84. The number of aromatic nitrogens is 2. The summed E-state index contributed by atoms with van der Waals surface area (Å²) in [4.78, 5) is 10.8. The third kappa shape index (κ3) is 3.07. The molecule has 0 saturated heterocycles. The maximum atomic E-state index is 6.05. The summed E-state index contributed by atoms with van der Waals surface area (Å²) in [6.45, 7) is 4.82. The first-order chi connectivity index (χ1) is 11.7. The zero-order valence-corrected chi connectivity index (χ0v) is 14.3. The van der Waals surface area contributed by atoms with E-state index >= 15 is 0 Å². The van der Waals surface area contributed by atoms with E-state index in [0.29, 0.717) is 0 Å². The lowest BCUT2D eigenvalue weighted by Gasteiger charge is -2.25. The molecule has 0 saturated carbocycles. The fourth-order valence-corrected chi connectivity index (χ4v) is 3.29. The summed E-state index contributed by atoms with van der Waals surface area (Å²) in [5, 5.41) is 0.246. The van der Waals surface area contributed by atoms with Crippen molar-refractivity contribution in [2.45, 2.75) is 26.4 Å². The summed E-state index contributed by atoms with van der Waals surface area (Å²) in [6.07, 6.45) is 2.65. The van der Waals surface area contributed by atoms with Crippen molar-refractivity contribution in [2.75, 3.05) is 6.54 Å². The van der Waals surface area contributed by atoms with E-state index in [1.54, 1.807) is 6.20 Å². The lowest BCUT2D eigenvalue weighted by molar-refractivity contribution is 0.234. The van der Waals surface area contributed by atoms with Crippen LogP contribution in [0.25, 0.3) is 11.5 Å². The van der Waals surface area contributed by atoms with E-state index < -0.39 is 0 Å². The van der Waals surface area contributed by atoms with E-state index in [2.05, 4.69) is 51.3 Å². The lowest BCUT2D eigenvalue weighted by atomic mass is 10.1. The largest absolute Gasteiger partial charge is 0.459 e. The number of hydrogen-bond donors (Lipinski definition) is 0. The molecule has 0 bridgehead atoms. The zero-order valence-electron chi connectivity index (χ0n) is 13.5. The van der Waals surface area contributed by atoms with Gasteiger partial charge in [-0.3, -0.25) is 4.90 Å². The number of rotatable bonds is 3. The summed E-state index contributed by atoms with van der Waals surface area (Å²) < 4.78 is 6.05. The third-order valence-electron chi connectivity index (χ3n) is 4.37.